The molecule has 1 unspecified atom stereocenters. The van der Waals surface area contributed by atoms with Crippen LogP contribution in [0.1, 0.15) is 47.7 Å². The Morgan fingerprint density at radius 2 is 1.96 bits per heavy atom. The molecule has 4 rings (SSSR count). The number of carbonyl (C=O) groups is 1. The van der Waals surface area contributed by atoms with Crippen molar-refractivity contribution < 1.29 is 4.79 Å². The third-order valence-electron chi connectivity index (χ3n) is 4.76. The zero-order valence-corrected chi connectivity index (χ0v) is 16.1. The minimum absolute atomic E-state index is 0. The van der Waals surface area contributed by atoms with E-state index in [9.17, 15) is 4.79 Å². The standard InChI is InChI=1S/C18H20ClN3O.2ClH/c19-12-5-6-16-13(7-12)14(8-17(22-16)11-3-4-11)18(23)21-9-15(20)10-1-2-10;;/h5-8,10-11,15H,1-4,9,20H2,(H,21,23);2*1H. The van der Waals surface area contributed by atoms with Crippen molar-refractivity contribution in [2.45, 2.75) is 37.6 Å². The van der Waals surface area contributed by atoms with Crippen molar-refractivity contribution in [3.8, 4) is 0 Å². The number of hydrogen-bond donors (Lipinski definition) is 2. The molecule has 0 aliphatic heterocycles. The Morgan fingerprint density at radius 3 is 2.60 bits per heavy atom. The van der Waals surface area contributed by atoms with Gasteiger partial charge in [-0.2, -0.15) is 0 Å². The first-order valence-electron chi connectivity index (χ1n) is 8.26. The van der Waals surface area contributed by atoms with Gasteiger partial charge in [-0.05, 0) is 55.9 Å². The lowest BCUT2D eigenvalue weighted by Crippen LogP contribution is -2.38. The van der Waals surface area contributed by atoms with Crippen molar-refractivity contribution in [2.75, 3.05) is 6.54 Å². The van der Waals surface area contributed by atoms with Crippen molar-refractivity contribution in [1.29, 1.82) is 0 Å². The van der Waals surface area contributed by atoms with Crippen LogP contribution in [0.3, 0.4) is 0 Å². The second-order valence-corrected chi connectivity index (χ2v) is 7.18. The summed E-state index contributed by atoms with van der Waals surface area (Å²) in [5, 5.41) is 4.40. The number of amides is 1. The van der Waals surface area contributed by atoms with Gasteiger partial charge in [0.2, 0.25) is 0 Å². The largest absolute Gasteiger partial charge is 0.350 e. The Bertz CT molecular complexity index is 775. The zero-order chi connectivity index (χ0) is 16.0. The molecule has 1 aromatic carbocycles. The third-order valence-corrected chi connectivity index (χ3v) is 4.99. The minimum atomic E-state index is -0.0855. The Kier molecular flexibility index (Phi) is 6.55. The van der Waals surface area contributed by atoms with Gasteiger partial charge < -0.3 is 11.1 Å². The number of pyridine rings is 1. The van der Waals surface area contributed by atoms with Gasteiger partial charge in [0.1, 0.15) is 0 Å². The van der Waals surface area contributed by atoms with Gasteiger partial charge in [0, 0.05) is 34.6 Å². The molecule has 0 spiro atoms. The molecule has 0 bridgehead atoms. The highest BCUT2D eigenvalue weighted by Gasteiger charge is 2.29. The van der Waals surface area contributed by atoms with E-state index in [4.69, 9.17) is 22.3 Å². The van der Waals surface area contributed by atoms with Crippen LogP contribution in [0.2, 0.25) is 5.02 Å². The minimum Gasteiger partial charge on any atom is -0.350 e. The van der Waals surface area contributed by atoms with Gasteiger partial charge in [0.05, 0.1) is 11.1 Å². The first kappa shape index (κ1) is 20.2. The number of nitrogens with two attached hydrogens (primary N) is 1. The van der Waals surface area contributed by atoms with Gasteiger partial charge in [-0.1, -0.05) is 11.6 Å². The van der Waals surface area contributed by atoms with Crippen LogP contribution >= 0.6 is 36.4 Å². The lowest BCUT2D eigenvalue weighted by Gasteiger charge is -2.13. The van der Waals surface area contributed by atoms with E-state index in [0.717, 1.165) is 29.4 Å². The van der Waals surface area contributed by atoms with E-state index in [2.05, 4.69) is 5.32 Å². The highest BCUT2D eigenvalue weighted by atomic mass is 35.5. The van der Waals surface area contributed by atoms with Crippen LogP contribution in [0, 0.1) is 5.92 Å². The molecule has 2 saturated carbocycles. The molecule has 1 aromatic heterocycles. The maximum atomic E-state index is 12.7. The van der Waals surface area contributed by atoms with E-state index >= 15 is 0 Å². The number of fused-ring (bicyclic) bond motifs is 1. The van der Waals surface area contributed by atoms with E-state index in [1.807, 2.05) is 24.3 Å². The first-order valence-corrected chi connectivity index (χ1v) is 8.63. The molecule has 3 N–H and O–H groups in total. The number of halogens is 3. The van der Waals surface area contributed by atoms with E-state index in [-0.39, 0.29) is 36.8 Å². The Balaban J connectivity index is 0.00000113. The average molecular weight is 403 g/mol. The molecule has 4 nitrogen and oxygen atoms in total. The molecule has 0 saturated heterocycles. The SMILES string of the molecule is Cl.Cl.NC(CNC(=O)c1cc(C2CC2)nc2ccc(Cl)cc12)C1CC1. The molecule has 2 aliphatic rings. The quantitative estimate of drug-likeness (QED) is 0.792. The zero-order valence-electron chi connectivity index (χ0n) is 13.7. The fourth-order valence-electron chi connectivity index (χ4n) is 2.99. The topological polar surface area (TPSA) is 68.0 Å². The Hall–Kier alpha value is -1.07. The number of aromatic nitrogens is 1. The summed E-state index contributed by atoms with van der Waals surface area (Å²) in [5.41, 5.74) is 8.58. The lowest BCUT2D eigenvalue weighted by molar-refractivity contribution is 0.0952. The van der Waals surface area contributed by atoms with Gasteiger partial charge in [-0.25, -0.2) is 0 Å². The first-order chi connectivity index (χ1) is 11.1. The fraction of sp³-hybridized carbons (Fsp3) is 0.444. The second kappa shape index (κ2) is 8.09. The number of rotatable bonds is 5. The van der Waals surface area contributed by atoms with E-state index < -0.39 is 0 Å². The molecule has 1 heterocycles. The van der Waals surface area contributed by atoms with Crippen LogP contribution in [0.15, 0.2) is 24.3 Å². The Labute approximate surface area is 164 Å². The molecule has 1 atom stereocenters. The molecule has 2 fully saturated rings. The predicted octanol–water partition coefficient (Wildman–Crippen LogP) is 4.08. The van der Waals surface area contributed by atoms with Gasteiger partial charge >= 0.3 is 0 Å². The predicted molar refractivity (Wildman–Crippen MR) is 106 cm³/mol. The molecule has 25 heavy (non-hydrogen) atoms. The van der Waals surface area contributed by atoms with Crippen LogP contribution in [-0.2, 0) is 0 Å². The summed E-state index contributed by atoms with van der Waals surface area (Å²) in [4.78, 5) is 17.4. The van der Waals surface area contributed by atoms with Crippen molar-refractivity contribution in [3.63, 3.8) is 0 Å². The number of hydrogen-bond acceptors (Lipinski definition) is 3. The molecule has 2 aliphatic carbocycles. The van der Waals surface area contributed by atoms with Gasteiger partial charge in [-0.15, -0.1) is 24.8 Å². The lowest BCUT2D eigenvalue weighted by atomic mass is 10.0. The number of carbonyl (C=O) groups excluding carboxylic acids is 1. The molecule has 1 amide bonds. The highest BCUT2D eigenvalue weighted by Crippen LogP contribution is 2.40. The molecular formula is C18H22Cl3N3O. The molecule has 0 radical (unpaired) electrons. The maximum Gasteiger partial charge on any atom is 0.252 e. The third kappa shape index (κ3) is 4.56. The number of nitrogens with one attached hydrogen (secondary N) is 1. The van der Waals surface area contributed by atoms with Crippen LogP contribution in [0.25, 0.3) is 10.9 Å². The summed E-state index contributed by atoms with van der Waals surface area (Å²) < 4.78 is 0. The summed E-state index contributed by atoms with van der Waals surface area (Å²) in [6.07, 6.45) is 4.66. The van der Waals surface area contributed by atoms with Crippen LogP contribution in [0.5, 0.6) is 0 Å². The van der Waals surface area contributed by atoms with Crippen molar-refractivity contribution >= 4 is 53.2 Å². The van der Waals surface area contributed by atoms with Crippen molar-refractivity contribution in [3.05, 3.63) is 40.5 Å². The summed E-state index contributed by atoms with van der Waals surface area (Å²) in [6.45, 7) is 0.520. The monoisotopic (exact) mass is 401 g/mol. The van der Waals surface area contributed by atoms with E-state index in [1.54, 1.807) is 0 Å². The van der Waals surface area contributed by atoms with Crippen LogP contribution in [-0.4, -0.2) is 23.5 Å². The molecule has 7 heteroatoms. The average Bonchev–Trinajstić information content (AvgIpc) is 3.41. The summed E-state index contributed by atoms with van der Waals surface area (Å²) >= 11 is 6.11. The van der Waals surface area contributed by atoms with Crippen LogP contribution < -0.4 is 11.1 Å². The fourth-order valence-corrected chi connectivity index (χ4v) is 3.16. The van der Waals surface area contributed by atoms with Gasteiger partial charge in [-0.3, -0.25) is 9.78 Å². The van der Waals surface area contributed by atoms with Crippen molar-refractivity contribution in [2.24, 2.45) is 11.7 Å². The van der Waals surface area contributed by atoms with Crippen LogP contribution in [0.4, 0.5) is 0 Å². The summed E-state index contributed by atoms with van der Waals surface area (Å²) in [6, 6.07) is 7.50. The number of nitrogens with zero attached hydrogens (tertiary/aromatic N) is 1. The van der Waals surface area contributed by atoms with E-state index in [1.165, 1.54) is 12.8 Å². The normalized spacial score (nSPS) is 17.4. The smallest absolute Gasteiger partial charge is 0.252 e. The highest BCUT2D eigenvalue weighted by molar-refractivity contribution is 6.31. The maximum absolute atomic E-state index is 12.7. The summed E-state index contributed by atoms with van der Waals surface area (Å²) in [7, 11) is 0. The van der Waals surface area contributed by atoms with Gasteiger partial charge in [0.15, 0.2) is 0 Å². The molecular weight excluding hydrogens is 381 g/mol. The number of benzene rings is 1. The molecule has 2 aromatic rings. The van der Waals surface area contributed by atoms with E-state index in [0.29, 0.717) is 29.0 Å². The Morgan fingerprint density at radius 1 is 1.24 bits per heavy atom. The molecule has 136 valence electrons. The summed E-state index contributed by atoms with van der Waals surface area (Å²) in [5.74, 6) is 0.981. The second-order valence-electron chi connectivity index (χ2n) is 6.74. The van der Waals surface area contributed by atoms with Crippen molar-refractivity contribution in [1.82, 2.24) is 10.3 Å². The van der Waals surface area contributed by atoms with Gasteiger partial charge in [0.25, 0.3) is 5.91 Å².